The Labute approximate surface area is 161 Å². The van der Waals surface area contributed by atoms with Crippen LogP contribution in [0.3, 0.4) is 0 Å². The van der Waals surface area contributed by atoms with Crippen LogP contribution < -0.4 is 4.90 Å². The van der Waals surface area contributed by atoms with Gasteiger partial charge >= 0.3 is 5.97 Å². The van der Waals surface area contributed by atoms with E-state index in [1.54, 1.807) is 6.20 Å². The van der Waals surface area contributed by atoms with Gasteiger partial charge in [0.1, 0.15) is 0 Å². The molecule has 1 aliphatic carbocycles. The van der Waals surface area contributed by atoms with E-state index in [1.807, 2.05) is 0 Å². The van der Waals surface area contributed by atoms with Crippen molar-refractivity contribution >= 4 is 17.5 Å². The SMILES string of the molecule is CCN(c1cnc(C(=O)O)cn1)c1cc2c(cc1C)C(C)(C)CCC2(C)C. The molecule has 0 saturated carbocycles. The van der Waals surface area contributed by atoms with Crippen molar-refractivity contribution in [3.05, 3.63) is 46.9 Å². The molecule has 2 aromatic rings. The standard InChI is InChI=1S/C22H29N3O2/c1-7-25(19-13-23-17(12-24-19)20(26)27)18-11-16-15(10-14(18)2)21(3,4)8-9-22(16,5)6/h10-13H,7-9H2,1-6H3,(H,26,27). The summed E-state index contributed by atoms with van der Waals surface area (Å²) in [5.74, 6) is -0.399. The van der Waals surface area contributed by atoms with Crippen molar-refractivity contribution in [1.29, 1.82) is 0 Å². The summed E-state index contributed by atoms with van der Waals surface area (Å²) in [5.41, 5.74) is 5.40. The van der Waals surface area contributed by atoms with Gasteiger partial charge in [0, 0.05) is 12.2 Å². The Morgan fingerprint density at radius 1 is 1.07 bits per heavy atom. The van der Waals surface area contributed by atoms with Crippen LogP contribution in [0.25, 0.3) is 0 Å². The summed E-state index contributed by atoms with van der Waals surface area (Å²) in [6.45, 7) is 14.2. The summed E-state index contributed by atoms with van der Waals surface area (Å²) in [5, 5.41) is 9.06. The maximum absolute atomic E-state index is 11.1. The van der Waals surface area contributed by atoms with Gasteiger partial charge in [-0.25, -0.2) is 14.8 Å². The first-order chi connectivity index (χ1) is 12.6. The van der Waals surface area contributed by atoms with Crippen molar-refractivity contribution in [1.82, 2.24) is 9.97 Å². The highest BCUT2D eigenvalue weighted by Gasteiger charge is 2.37. The molecule has 1 aromatic carbocycles. The number of hydrogen-bond donors (Lipinski definition) is 1. The van der Waals surface area contributed by atoms with E-state index < -0.39 is 5.97 Å². The lowest BCUT2D eigenvalue weighted by atomic mass is 9.63. The van der Waals surface area contributed by atoms with Gasteiger partial charge in [-0.1, -0.05) is 33.8 Å². The van der Waals surface area contributed by atoms with Gasteiger partial charge in [-0.2, -0.15) is 0 Å². The molecule has 0 spiro atoms. The summed E-state index contributed by atoms with van der Waals surface area (Å²) in [4.78, 5) is 21.5. The second-order valence-electron chi connectivity index (χ2n) is 8.76. The van der Waals surface area contributed by atoms with E-state index in [2.05, 4.69) is 68.5 Å². The van der Waals surface area contributed by atoms with E-state index in [1.165, 1.54) is 29.3 Å². The summed E-state index contributed by atoms with van der Waals surface area (Å²) in [6.07, 6.45) is 5.21. The maximum atomic E-state index is 11.1. The molecule has 0 unspecified atom stereocenters. The van der Waals surface area contributed by atoms with E-state index >= 15 is 0 Å². The van der Waals surface area contributed by atoms with Gasteiger partial charge in [0.05, 0.1) is 12.4 Å². The number of fused-ring (bicyclic) bond motifs is 1. The van der Waals surface area contributed by atoms with Gasteiger partial charge in [-0.3, -0.25) is 0 Å². The van der Waals surface area contributed by atoms with Gasteiger partial charge in [-0.15, -0.1) is 0 Å². The zero-order valence-electron chi connectivity index (χ0n) is 17.1. The third-order valence-corrected chi connectivity index (χ3v) is 5.91. The Kier molecular flexibility index (Phi) is 4.74. The van der Waals surface area contributed by atoms with Crippen LogP contribution in [0.4, 0.5) is 11.5 Å². The summed E-state index contributed by atoms with van der Waals surface area (Å²) < 4.78 is 0. The second kappa shape index (κ2) is 6.63. The number of carbonyl (C=O) groups is 1. The Morgan fingerprint density at radius 3 is 2.15 bits per heavy atom. The van der Waals surface area contributed by atoms with Gasteiger partial charge in [0.25, 0.3) is 0 Å². The van der Waals surface area contributed by atoms with Gasteiger partial charge in [-0.05, 0) is 60.3 Å². The van der Waals surface area contributed by atoms with Crippen molar-refractivity contribution in [2.24, 2.45) is 0 Å². The molecule has 0 amide bonds. The monoisotopic (exact) mass is 367 g/mol. The number of nitrogens with zero attached hydrogens (tertiary/aromatic N) is 3. The van der Waals surface area contributed by atoms with Crippen molar-refractivity contribution < 1.29 is 9.90 Å². The molecule has 0 radical (unpaired) electrons. The molecule has 1 aliphatic rings. The zero-order valence-corrected chi connectivity index (χ0v) is 17.1. The third kappa shape index (κ3) is 3.43. The van der Waals surface area contributed by atoms with Crippen LogP contribution in [0, 0.1) is 6.92 Å². The third-order valence-electron chi connectivity index (χ3n) is 5.91. The molecule has 1 heterocycles. The van der Waals surface area contributed by atoms with E-state index in [0.29, 0.717) is 5.82 Å². The number of aryl methyl sites for hydroxylation is 1. The summed E-state index contributed by atoms with van der Waals surface area (Å²) >= 11 is 0. The topological polar surface area (TPSA) is 66.3 Å². The van der Waals surface area contributed by atoms with Crippen LogP contribution in [-0.4, -0.2) is 27.6 Å². The number of aromatic nitrogens is 2. The second-order valence-corrected chi connectivity index (χ2v) is 8.76. The van der Waals surface area contributed by atoms with Crippen LogP contribution in [0.1, 0.15) is 74.6 Å². The van der Waals surface area contributed by atoms with E-state index in [9.17, 15) is 4.79 Å². The molecular weight excluding hydrogens is 338 g/mol. The maximum Gasteiger partial charge on any atom is 0.356 e. The van der Waals surface area contributed by atoms with Crippen molar-refractivity contribution in [2.45, 2.75) is 65.2 Å². The van der Waals surface area contributed by atoms with E-state index in [4.69, 9.17) is 5.11 Å². The molecule has 5 nitrogen and oxygen atoms in total. The number of benzene rings is 1. The number of carboxylic acids is 1. The predicted octanol–water partition coefficient (Wildman–Crippen LogP) is 4.99. The molecule has 0 atom stereocenters. The highest BCUT2D eigenvalue weighted by atomic mass is 16.4. The average Bonchev–Trinajstić information content (AvgIpc) is 2.61. The molecule has 5 heteroatoms. The highest BCUT2D eigenvalue weighted by molar-refractivity contribution is 5.85. The van der Waals surface area contributed by atoms with Crippen molar-refractivity contribution in [3.8, 4) is 0 Å². The number of anilines is 2. The average molecular weight is 367 g/mol. The van der Waals surface area contributed by atoms with Crippen LogP contribution in [-0.2, 0) is 10.8 Å². The molecule has 0 fully saturated rings. The van der Waals surface area contributed by atoms with Gasteiger partial charge < -0.3 is 10.0 Å². The lowest BCUT2D eigenvalue weighted by Crippen LogP contribution is -2.34. The molecule has 144 valence electrons. The van der Waals surface area contributed by atoms with Crippen molar-refractivity contribution in [3.63, 3.8) is 0 Å². The Bertz CT molecular complexity index is 870. The lowest BCUT2D eigenvalue weighted by Gasteiger charge is -2.43. The molecule has 3 rings (SSSR count). The minimum absolute atomic E-state index is 0.0418. The van der Waals surface area contributed by atoms with Crippen LogP contribution in [0.15, 0.2) is 24.5 Å². The number of aromatic carboxylic acids is 1. The largest absolute Gasteiger partial charge is 0.476 e. The molecule has 1 aromatic heterocycles. The predicted molar refractivity (Wildman–Crippen MR) is 108 cm³/mol. The van der Waals surface area contributed by atoms with Gasteiger partial charge in [0.15, 0.2) is 11.5 Å². The summed E-state index contributed by atoms with van der Waals surface area (Å²) in [7, 11) is 0. The zero-order chi connectivity index (χ0) is 20.0. The first-order valence-corrected chi connectivity index (χ1v) is 9.55. The number of carboxylic acid groups (broad SMARTS) is 1. The number of rotatable bonds is 4. The molecule has 0 aliphatic heterocycles. The molecule has 1 N–H and O–H groups in total. The minimum atomic E-state index is -1.06. The van der Waals surface area contributed by atoms with E-state index in [0.717, 1.165) is 18.7 Å². The van der Waals surface area contributed by atoms with Crippen LogP contribution >= 0.6 is 0 Å². The normalized spacial score (nSPS) is 17.3. The lowest BCUT2D eigenvalue weighted by molar-refractivity contribution is 0.0690. The fourth-order valence-corrected chi connectivity index (χ4v) is 4.03. The molecule has 0 saturated heterocycles. The quantitative estimate of drug-likeness (QED) is 0.824. The smallest absolute Gasteiger partial charge is 0.356 e. The summed E-state index contributed by atoms with van der Waals surface area (Å²) in [6, 6.07) is 4.63. The fourth-order valence-electron chi connectivity index (χ4n) is 4.03. The molecular formula is C22H29N3O2. The highest BCUT2D eigenvalue weighted by Crippen LogP contribution is 2.48. The van der Waals surface area contributed by atoms with Gasteiger partial charge in [0.2, 0.25) is 0 Å². The fraction of sp³-hybridized carbons (Fsp3) is 0.500. The first kappa shape index (κ1) is 19.3. The Hall–Kier alpha value is -2.43. The Morgan fingerprint density at radius 2 is 1.67 bits per heavy atom. The molecule has 27 heavy (non-hydrogen) atoms. The minimum Gasteiger partial charge on any atom is -0.476 e. The van der Waals surface area contributed by atoms with Crippen molar-refractivity contribution in [2.75, 3.05) is 11.4 Å². The van der Waals surface area contributed by atoms with Crippen LogP contribution in [0.5, 0.6) is 0 Å². The molecule has 0 bridgehead atoms. The Balaban J connectivity index is 2.11. The van der Waals surface area contributed by atoms with E-state index in [-0.39, 0.29) is 16.5 Å². The van der Waals surface area contributed by atoms with Crippen LogP contribution in [0.2, 0.25) is 0 Å². The number of hydrogen-bond acceptors (Lipinski definition) is 4. The first-order valence-electron chi connectivity index (χ1n) is 9.55.